The zero-order chi connectivity index (χ0) is 19.5. The van der Waals surface area contributed by atoms with E-state index in [0.717, 1.165) is 27.6 Å². The molecule has 136 valence electrons. The van der Waals surface area contributed by atoms with Crippen molar-refractivity contribution < 1.29 is 4.79 Å². The van der Waals surface area contributed by atoms with Gasteiger partial charge in [-0.2, -0.15) is 0 Å². The summed E-state index contributed by atoms with van der Waals surface area (Å²) in [5.41, 5.74) is 5.02. The van der Waals surface area contributed by atoms with Gasteiger partial charge >= 0.3 is 0 Å². The summed E-state index contributed by atoms with van der Waals surface area (Å²) in [5, 5.41) is 1.61. The van der Waals surface area contributed by atoms with Gasteiger partial charge in [0.05, 0.1) is 11.1 Å². The Morgan fingerprint density at radius 3 is 2.32 bits per heavy atom. The van der Waals surface area contributed by atoms with Gasteiger partial charge in [0, 0.05) is 21.7 Å². The second kappa shape index (κ2) is 7.79. The number of benzene rings is 3. The maximum Gasteiger partial charge on any atom is 0.188 e. The Bertz CT molecular complexity index is 1180. The van der Waals surface area contributed by atoms with Crippen molar-refractivity contribution in [2.45, 2.75) is 6.92 Å². The summed E-state index contributed by atoms with van der Waals surface area (Å²) in [5.74, 6) is -0.0652. The van der Waals surface area contributed by atoms with E-state index in [1.54, 1.807) is 6.08 Å². The second-order valence-electron chi connectivity index (χ2n) is 6.58. The van der Waals surface area contributed by atoms with Crippen molar-refractivity contribution in [1.82, 2.24) is 4.98 Å². The fraction of sp³-hybridized carbons (Fsp3) is 0.0400. The van der Waals surface area contributed by atoms with Gasteiger partial charge in [0.2, 0.25) is 0 Å². The van der Waals surface area contributed by atoms with Gasteiger partial charge in [-0.1, -0.05) is 78.3 Å². The molecule has 0 aliphatic carbocycles. The van der Waals surface area contributed by atoms with E-state index in [0.29, 0.717) is 16.3 Å². The molecule has 2 nitrogen and oxygen atoms in total. The normalized spacial score (nSPS) is 11.2. The smallest absolute Gasteiger partial charge is 0.188 e. The summed E-state index contributed by atoms with van der Waals surface area (Å²) in [6.07, 6.45) is 3.45. The molecule has 0 aliphatic rings. The van der Waals surface area contributed by atoms with Crippen LogP contribution in [0, 0.1) is 6.92 Å². The average Bonchev–Trinajstić information content (AvgIpc) is 2.72. The zero-order valence-corrected chi connectivity index (χ0v) is 16.1. The van der Waals surface area contributed by atoms with E-state index in [4.69, 9.17) is 11.6 Å². The molecular formula is C25H18ClNO. The Balaban J connectivity index is 1.91. The summed E-state index contributed by atoms with van der Waals surface area (Å²) in [6.45, 7) is 1.88. The number of aryl methyl sites for hydroxylation is 1. The third kappa shape index (κ3) is 3.60. The van der Waals surface area contributed by atoms with Crippen LogP contribution in [0.15, 0.2) is 84.9 Å². The number of carbonyl (C=O) groups is 1. The maximum absolute atomic E-state index is 13.2. The lowest BCUT2D eigenvalue weighted by Crippen LogP contribution is -2.05. The fourth-order valence-corrected chi connectivity index (χ4v) is 3.50. The molecule has 0 unspecified atom stereocenters. The number of para-hydroxylation sites is 1. The van der Waals surface area contributed by atoms with Crippen molar-refractivity contribution >= 4 is 34.4 Å². The highest BCUT2D eigenvalue weighted by molar-refractivity contribution is 6.30. The van der Waals surface area contributed by atoms with Crippen molar-refractivity contribution in [3.05, 3.63) is 107 Å². The quantitative estimate of drug-likeness (QED) is 0.288. The number of hydrogen-bond donors (Lipinski definition) is 0. The number of pyridine rings is 1. The number of nitrogens with zero attached hydrogens (tertiary/aromatic N) is 1. The van der Waals surface area contributed by atoms with Gasteiger partial charge in [-0.05, 0) is 42.3 Å². The van der Waals surface area contributed by atoms with Crippen molar-refractivity contribution in [2.75, 3.05) is 0 Å². The molecule has 0 spiro atoms. The molecule has 4 aromatic rings. The first-order valence-electron chi connectivity index (χ1n) is 9.06. The van der Waals surface area contributed by atoms with Crippen LogP contribution >= 0.6 is 11.6 Å². The van der Waals surface area contributed by atoms with Gasteiger partial charge in [-0.3, -0.25) is 9.78 Å². The van der Waals surface area contributed by atoms with Gasteiger partial charge in [0.1, 0.15) is 0 Å². The number of carbonyl (C=O) groups excluding carboxylic acids is 1. The van der Waals surface area contributed by atoms with Crippen molar-refractivity contribution in [1.29, 1.82) is 0 Å². The van der Waals surface area contributed by atoms with E-state index >= 15 is 0 Å². The monoisotopic (exact) mass is 383 g/mol. The topological polar surface area (TPSA) is 30.0 Å². The van der Waals surface area contributed by atoms with Crippen molar-refractivity contribution in [3.63, 3.8) is 0 Å². The molecule has 0 atom stereocenters. The third-order valence-corrected chi connectivity index (χ3v) is 4.93. The summed E-state index contributed by atoms with van der Waals surface area (Å²) in [6, 6.07) is 25.3. The van der Waals surface area contributed by atoms with Crippen LogP contribution in [0.1, 0.15) is 21.6 Å². The molecule has 3 heteroatoms. The molecule has 4 rings (SSSR count). The molecule has 28 heavy (non-hydrogen) atoms. The molecule has 0 amide bonds. The van der Waals surface area contributed by atoms with Crippen LogP contribution in [0.3, 0.4) is 0 Å². The number of fused-ring (bicyclic) bond motifs is 1. The molecule has 1 aromatic heterocycles. The molecule has 0 N–H and O–H groups in total. The van der Waals surface area contributed by atoms with Gasteiger partial charge in [0.25, 0.3) is 0 Å². The fourth-order valence-electron chi connectivity index (χ4n) is 3.37. The largest absolute Gasteiger partial charge is 0.289 e. The van der Waals surface area contributed by atoms with E-state index in [1.165, 1.54) is 0 Å². The molecule has 0 radical (unpaired) electrons. The molecule has 0 saturated carbocycles. The minimum Gasteiger partial charge on any atom is -0.289 e. The summed E-state index contributed by atoms with van der Waals surface area (Å²) >= 11 is 6.08. The molecule has 0 fully saturated rings. The van der Waals surface area contributed by atoms with E-state index < -0.39 is 0 Å². The summed E-state index contributed by atoms with van der Waals surface area (Å²) in [7, 11) is 0. The lowest BCUT2D eigenvalue weighted by molar-refractivity contribution is 0.104. The first kappa shape index (κ1) is 18.1. The van der Waals surface area contributed by atoms with E-state index in [-0.39, 0.29) is 5.78 Å². The molecule has 0 saturated heterocycles. The van der Waals surface area contributed by atoms with E-state index in [9.17, 15) is 4.79 Å². The first-order valence-corrected chi connectivity index (χ1v) is 9.44. The Hall–Kier alpha value is -3.23. The highest BCUT2D eigenvalue weighted by Gasteiger charge is 2.18. The average molecular weight is 384 g/mol. The van der Waals surface area contributed by atoms with Gasteiger partial charge in [-0.25, -0.2) is 0 Å². The van der Waals surface area contributed by atoms with Crippen LogP contribution in [0.5, 0.6) is 0 Å². The summed E-state index contributed by atoms with van der Waals surface area (Å²) in [4.78, 5) is 17.9. The van der Waals surface area contributed by atoms with Crippen LogP contribution in [-0.4, -0.2) is 10.8 Å². The number of aromatic nitrogens is 1. The van der Waals surface area contributed by atoms with Gasteiger partial charge in [0.15, 0.2) is 5.78 Å². The van der Waals surface area contributed by atoms with Crippen LogP contribution < -0.4 is 0 Å². The second-order valence-corrected chi connectivity index (χ2v) is 7.02. The molecule has 0 bridgehead atoms. The molecule has 0 aliphatic heterocycles. The van der Waals surface area contributed by atoms with Crippen molar-refractivity contribution in [3.8, 4) is 11.1 Å². The number of rotatable bonds is 4. The Kier molecular flexibility index (Phi) is 5.05. The van der Waals surface area contributed by atoms with Crippen molar-refractivity contribution in [2.24, 2.45) is 0 Å². The van der Waals surface area contributed by atoms with Crippen LogP contribution in [0.2, 0.25) is 5.02 Å². The van der Waals surface area contributed by atoms with Gasteiger partial charge < -0.3 is 0 Å². The highest BCUT2D eigenvalue weighted by Crippen LogP contribution is 2.34. The summed E-state index contributed by atoms with van der Waals surface area (Å²) < 4.78 is 0. The third-order valence-electron chi connectivity index (χ3n) is 4.68. The standard InChI is InChI=1S/C25H18ClNO/c1-17-24(23(28)16-11-18-7-3-2-4-8-18)25(19-12-14-20(26)15-13-19)21-9-5-6-10-22(21)27-17/h2-16H,1H3/b16-11+. The number of hydrogen-bond acceptors (Lipinski definition) is 2. The minimum atomic E-state index is -0.0652. The van der Waals surface area contributed by atoms with Crippen LogP contribution in [-0.2, 0) is 0 Å². The Morgan fingerprint density at radius 1 is 0.893 bits per heavy atom. The Morgan fingerprint density at radius 2 is 1.57 bits per heavy atom. The SMILES string of the molecule is Cc1nc2ccccc2c(-c2ccc(Cl)cc2)c1C(=O)/C=C/c1ccccc1. The number of allylic oxidation sites excluding steroid dienone is 1. The lowest BCUT2D eigenvalue weighted by atomic mass is 9.92. The van der Waals surface area contributed by atoms with Gasteiger partial charge in [-0.15, -0.1) is 0 Å². The van der Waals surface area contributed by atoms with Crippen LogP contribution in [0.25, 0.3) is 28.1 Å². The molecular weight excluding hydrogens is 366 g/mol. The van der Waals surface area contributed by atoms with E-state index in [2.05, 4.69) is 4.98 Å². The van der Waals surface area contributed by atoms with Crippen LogP contribution in [0.4, 0.5) is 0 Å². The molecule has 1 heterocycles. The zero-order valence-electron chi connectivity index (χ0n) is 15.4. The first-order chi connectivity index (χ1) is 13.6. The predicted molar refractivity (Wildman–Crippen MR) is 117 cm³/mol. The predicted octanol–water partition coefficient (Wildman–Crippen LogP) is 6.76. The minimum absolute atomic E-state index is 0.0652. The van der Waals surface area contributed by atoms with E-state index in [1.807, 2.05) is 91.9 Å². The number of halogens is 1. The number of ketones is 1. The lowest BCUT2D eigenvalue weighted by Gasteiger charge is -2.14. The highest BCUT2D eigenvalue weighted by atomic mass is 35.5. The molecule has 3 aromatic carbocycles. The Labute approximate surface area is 169 Å². The maximum atomic E-state index is 13.2.